The zero-order valence-electron chi connectivity index (χ0n) is 17.0. The summed E-state index contributed by atoms with van der Waals surface area (Å²) in [5.74, 6) is 3.05. The Kier molecular flexibility index (Phi) is 7.21. The van der Waals surface area contributed by atoms with Gasteiger partial charge >= 0.3 is 0 Å². The number of anilines is 1. The average Bonchev–Trinajstić information content (AvgIpc) is 2.83. The van der Waals surface area contributed by atoms with E-state index in [1.54, 1.807) is 48.5 Å². The van der Waals surface area contributed by atoms with Gasteiger partial charge in [-0.25, -0.2) is 13.6 Å². The number of carbonyl (C=O) groups is 1. The summed E-state index contributed by atoms with van der Waals surface area (Å²) in [5.41, 5.74) is 7.62. The van der Waals surface area contributed by atoms with Gasteiger partial charge in [0.05, 0.1) is 4.90 Å². The van der Waals surface area contributed by atoms with Crippen molar-refractivity contribution in [2.45, 2.75) is 11.8 Å². The van der Waals surface area contributed by atoms with Gasteiger partial charge in [0.1, 0.15) is 11.7 Å². The molecule has 1 atom stereocenters. The van der Waals surface area contributed by atoms with Gasteiger partial charge in [0, 0.05) is 22.9 Å². The van der Waals surface area contributed by atoms with Gasteiger partial charge < -0.3 is 11.1 Å². The number of pyridine rings is 1. The molecule has 1 heterocycles. The number of hydrogen-bond acceptors (Lipinski definition) is 6. The summed E-state index contributed by atoms with van der Waals surface area (Å²) in [6.45, 7) is 1.46. The highest BCUT2D eigenvalue weighted by molar-refractivity contribution is 7.80. The number of benzene rings is 2. The Morgan fingerprint density at radius 2 is 1.84 bits per heavy atom. The molecule has 0 radical (unpaired) electrons. The molecule has 0 aliphatic heterocycles. The summed E-state index contributed by atoms with van der Waals surface area (Å²) >= 11 is -1.85. The van der Waals surface area contributed by atoms with Crippen LogP contribution in [0, 0.1) is 5.41 Å². The Morgan fingerprint density at radius 1 is 1.12 bits per heavy atom. The molecule has 2 aromatic carbocycles. The van der Waals surface area contributed by atoms with E-state index in [-0.39, 0.29) is 17.2 Å². The Morgan fingerprint density at radius 3 is 2.50 bits per heavy atom. The molecular weight excluding hydrogens is 433 g/mol. The maximum absolute atomic E-state index is 14.7. The SMILES string of the molecule is CC(=C(F)C(=O)Nc1ccc(-c2ccccc2S(=O)ON)cn1)c1cccc(C(=N)N)c1. The van der Waals surface area contributed by atoms with Crippen molar-refractivity contribution in [2.75, 3.05) is 5.32 Å². The van der Waals surface area contributed by atoms with Gasteiger partial charge in [0.15, 0.2) is 5.83 Å². The fraction of sp³-hybridized carbons (Fsp3) is 0.0455. The number of carbonyl (C=O) groups excluding carboxylic acids is 1. The minimum atomic E-state index is -1.85. The van der Waals surface area contributed by atoms with Crippen LogP contribution in [0.5, 0.6) is 0 Å². The number of allylic oxidation sites excluding steroid dienone is 1. The second kappa shape index (κ2) is 10.1. The van der Waals surface area contributed by atoms with E-state index in [1.807, 2.05) is 0 Å². The highest BCUT2D eigenvalue weighted by atomic mass is 32.2. The van der Waals surface area contributed by atoms with Crippen LogP contribution in [-0.4, -0.2) is 20.9 Å². The van der Waals surface area contributed by atoms with Crippen LogP contribution in [0.25, 0.3) is 16.7 Å². The van der Waals surface area contributed by atoms with E-state index < -0.39 is 22.8 Å². The van der Waals surface area contributed by atoms with Gasteiger partial charge in [-0.15, -0.1) is 0 Å². The summed E-state index contributed by atoms with van der Waals surface area (Å²) in [4.78, 5) is 16.9. The minimum Gasteiger partial charge on any atom is -0.384 e. The van der Waals surface area contributed by atoms with Crippen molar-refractivity contribution >= 4 is 34.2 Å². The van der Waals surface area contributed by atoms with Crippen LogP contribution >= 0.6 is 0 Å². The van der Waals surface area contributed by atoms with Crippen LogP contribution in [-0.2, 0) is 20.2 Å². The van der Waals surface area contributed by atoms with Crippen molar-refractivity contribution in [1.29, 1.82) is 5.41 Å². The number of nitrogens with one attached hydrogen (secondary N) is 2. The van der Waals surface area contributed by atoms with Crippen LogP contribution in [0.3, 0.4) is 0 Å². The van der Waals surface area contributed by atoms with E-state index in [4.69, 9.17) is 17.0 Å². The summed E-state index contributed by atoms with van der Waals surface area (Å²) in [5, 5.41) is 9.89. The van der Waals surface area contributed by atoms with E-state index in [1.165, 1.54) is 25.3 Å². The molecule has 0 aliphatic carbocycles. The minimum absolute atomic E-state index is 0.0976. The molecule has 1 unspecified atom stereocenters. The number of amidine groups is 1. The highest BCUT2D eigenvalue weighted by Gasteiger charge is 2.16. The molecule has 3 rings (SSSR count). The predicted octanol–water partition coefficient (Wildman–Crippen LogP) is 3.28. The molecule has 32 heavy (non-hydrogen) atoms. The lowest BCUT2D eigenvalue weighted by Gasteiger charge is -2.10. The monoisotopic (exact) mass is 453 g/mol. The maximum Gasteiger partial charge on any atom is 0.285 e. The summed E-state index contributed by atoms with van der Waals surface area (Å²) in [7, 11) is 0. The molecule has 0 saturated heterocycles. The van der Waals surface area contributed by atoms with Gasteiger partial charge in [-0.1, -0.05) is 36.4 Å². The summed E-state index contributed by atoms with van der Waals surface area (Å²) in [6.07, 6.45) is 1.45. The molecule has 0 bridgehead atoms. The first kappa shape index (κ1) is 22.9. The van der Waals surface area contributed by atoms with Crippen LogP contribution < -0.4 is 16.9 Å². The number of halogens is 1. The number of nitrogens with two attached hydrogens (primary N) is 2. The van der Waals surface area contributed by atoms with E-state index in [0.29, 0.717) is 27.1 Å². The quantitative estimate of drug-likeness (QED) is 0.187. The van der Waals surface area contributed by atoms with Gasteiger partial charge in [0.25, 0.3) is 5.91 Å². The third-order valence-electron chi connectivity index (χ3n) is 4.61. The van der Waals surface area contributed by atoms with Gasteiger partial charge in [-0.3, -0.25) is 10.2 Å². The number of hydrogen-bond donors (Lipinski definition) is 4. The predicted molar refractivity (Wildman–Crippen MR) is 121 cm³/mol. The molecule has 6 N–H and O–H groups in total. The van der Waals surface area contributed by atoms with Gasteiger partial charge in [-0.05, 0) is 42.3 Å². The second-order valence-corrected chi connectivity index (χ2v) is 7.75. The molecular formula is C22H20FN5O3S. The number of nitrogen functional groups attached to an aromatic ring is 1. The average molecular weight is 453 g/mol. The molecule has 1 amide bonds. The van der Waals surface area contributed by atoms with Crippen LogP contribution in [0.4, 0.5) is 10.2 Å². The van der Waals surface area contributed by atoms with Crippen molar-refractivity contribution in [2.24, 2.45) is 11.6 Å². The highest BCUT2D eigenvalue weighted by Crippen LogP contribution is 2.27. The zero-order valence-corrected chi connectivity index (χ0v) is 17.8. The first-order chi connectivity index (χ1) is 15.3. The Balaban J connectivity index is 1.81. The van der Waals surface area contributed by atoms with Crippen molar-refractivity contribution in [1.82, 2.24) is 4.98 Å². The Hall–Kier alpha value is -3.73. The van der Waals surface area contributed by atoms with Crippen molar-refractivity contribution in [3.8, 4) is 11.1 Å². The molecule has 0 saturated carbocycles. The van der Waals surface area contributed by atoms with Gasteiger partial charge in [-0.2, -0.15) is 10.2 Å². The van der Waals surface area contributed by atoms with E-state index in [0.717, 1.165) is 0 Å². The summed E-state index contributed by atoms with van der Waals surface area (Å²) in [6, 6.07) is 16.3. The number of amides is 1. The molecule has 10 heteroatoms. The molecule has 3 aromatic rings. The lowest BCUT2D eigenvalue weighted by molar-refractivity contribution is -0.114. The van der Waals surface area contributed by atoms with E-state index in [9.17, 15) is 13.4 Å². The molecule has 1 aromatic heterocycles. The van der Waals surface area contributed by atoms with E-state index in [2.05, 4.69) is 14.6 Å². The van der Waals surface area contributed by atoms with E-state index >= 15 is 0 Å². The lowest BCUT2D eigenvalue weighted by atomic mass is 10.0. The second-order valence-electron chi connectivity index (χ2n) is 6.65. The molecule has 0 fully saturated rings. The molecule has 0 spiro atoms. The Bertz CT molecular complexity index is 1230. The number of rotatable bonds is 7. The largest absolute Gasteiger partial charge is 0.384 e. The van der Waals surface area contributed by atoms with Crippen molar-refractivity contribution < 1.29 is 17.7 Å². The third-order valence-corrected chi connectivity index (χ3v) is 5.50. The lowest BCUT2D eigenvalue weighted by Crippen LogP contribution is -2.14. The number of nitrogens with zero attached hydrogens (tertiary/aromatic N) is 1. The van der Waals surface area contributed by atoms with Crippen molar-refractivity contribution in [3.63, 3.8) is 0 Å². The first-order valence-electron chi connectivity index (χ1n) is 9.28. The maximum atomic E-state index is 14.7. The van der Waals surface area contributed by atoms with Crippen LogP contribution in [0.15, 0.2) is 77.6 Å². The van der Waals surface area contributed by atoms with Crippen molar-refractivity contribution in [3.05, 3.63) is 83.8 Å². The standard InChI is InChI=1S/C22H20FN5O3S/c1-13(14-5-4-6-15(11-14)21(24)25)20(23)22(29)28-19-10-9-16(12-27-19)17-7-2-3-8-18(17)32(30)31-26/h2-12H,26H2,1H3,(H3,24,25)(H,27,28,29). The number of aromatic nitrogens is 1. The first-order valence-corrected chi connectivity index (χ1v) is 10.4. The van der Waals surface area contributed by atoms with Crippen LogP contribution in [0.1, 0.15) is 18.1 Å². The molecule has 164 valence electrons. The third kappa shape index (κ3) is 5.11. The topological polar surface area (TPSA) is 144 Å². The molecule has 8 nitrogen and oxygen atoms in total. The zero-order chi connectivity index (χ0) is 23.3. The molecule has 0 aliphatic rings. The summed E-state index contributed by atoms with van der Waals surface area (Å²) < 4.78 is 31.1. The fourth-order valence-corrected chi connectivity index (χ4v) is 3.58. The van der Waals surface area contributed by atoms with Crippen LogP contribution in [0.2, 0.25) is 0 Å². The smallest absolute Gasteiger partial charge is 0.285 e. The fourth-order valence-electron chi connectivity index (χ4n) is 2.92. The Labute approximate surface area is 186 Å². The van der Waals surface area contributed by atoms with Gasteiger partial charge in [0.2, 0.25) is 11.1 Å². The normalized spacial score (nSPS) is 12.6.